The van der Waals surface area contributed by atoms with Crippen molar-refractivity contribution in [1.82, 2.24) is 25.3 Å². The van der Waals surface area contributed by atoms with Crippen molar-refractivity contribution in [2.75, 3.05) is 39.8 Å². The summed E-state index contributed by atoms with van der Waals surface area (Å²) in [6, 6.07) is 15.0. The molecule has 168 valence electrons. The van der Waals surface area contributed by atoms with Crippen molar-refractivity contribution in [2.45, 2.75) is 13.1 Å². The summed E-state index contributed by atoms with van der Waals surface area (Å²) in [5, 5.41) is 7.71. The van der Waals surface area contributed by atoms with Crippen molar-refractivity contribution in [3.63, 3.8) is 0 Å². The topological polar surface area (TPSA) is 83.7 Å². The average Bonchev–Trinajstić information content (AvgIpc) is 3.28. The standard InChI is InChI=1S/C23H26ClN5O3/c1-31-20-5-3-2-4-18(20)14-25-21(30)15-28-10-12-29(13-11-28)16-22-26-23(27-32-22)17-6-8-19(24)9-7-17/h2-9H,10-16H2,1H3,(H,25,30). The van der Waals surface area contributed by atoms with Crippen LogP contribution in [0.4, 0.5) is 0 Å². The second kappa shape index (κ2) is 10.6. The number of halogens is 1. The molecule has 0 bridgehead atoms. The van der Waals surface area contributed by atoms with Gasteiger partial charge in [-0.2, -0.15) is 4.98 Å². The minimum Gasteiger partial charge on any atom is -0.496 e. The van der Waals surface area contributed by atoms with E-state index in [1.807, 2.05) is 36.4 Å². The molecule has 0 spiro atoms. The minimum atomic E-state index is 0.00821. The highest BCUT2D eigenvalue weighted by molar-refractivity contribution is 6.30. The molecule has 0 saturated carbocycles. The molecule has 1 aliphatic rings. The Morgan fingerprint density at radius 1 is 1.09 bits per heavy atom. The largest absolute Gasteiger partial charge is 0.496 e. The first-order valence-corrected chi connectivity index (χ1v) is 10.9. The van der Waals surface area contributed by atoms with Crippen LogP contribution in [-0.4, -0.2) is 65.7 Å². The van der Waals surface area contributed by atoms with Crippen molar-refractivity contribution in [2.24, 2.45) is 0 Å². The molecule has 1 aliphatic heterocycles. The van der Waals surface area contributed by atoms with Gasteiger partial charge in [-0.3, -0.25) is 14.6 Å². The second-order valence-electron chi connectivity index (χ2n) is 7.66. The molecule has 0 radical (unpaired) electrons. The van der Waals surface area contributed by atoms with Crippen molar-refractivity contribution in [3.8, 4) is 17.1 Å². The number of carbonyl (C=O) groups is 1. The van der Waals surface area contributed by atoms with Gasteiger partial charge in [-0.1, -0.05) is 35.0 Å². The SMILES string of the molecule is COc1ccccc1CNC(=O)CN1CCN(Cc2nc(-c3ccc(Cl)cc3)no2)CC1. The second-order valence-corrected chi connectivity index (χ2v) is 8.10. The van der Waals surface area contributed by atoms with Crippen LogP contribution in [0.3, 0.4) is 0 Å². The van der Waals surface area contributed by atoms with Gasteiger partial charge in [-0.15, -0.1) is 0 Å². The van der Waals surface area contributed by atoms with E-state index in [1.165, 1.54) is 0 Å². The zero-order valence-electron chi connectivity index (χ0n) is 18.0. The average molecular weight is 456 g/mol. The van der Waals surface area contributed by atoms with E-state index in [0.717, 1.165) is 43.1 Å². The third-order valence-electron chi connectivity index (χ3n) is 5.43. The first-order valence-electron chi connectivity index (χ1n) is 10.5. The van der Waals surface area contributed by atoms with Gasteiger partial charge < -0.3 is 14.6 Å². The summed E-state index contributed by atoms with van der Waals surface area (Å²) in [6.07, 6.45) is 0. The Hall–Kier alpha value is -2.94. The Kier molecular flexibility index (Phi) is 7.36. The van der Waals surface area contributed by atoms with Crippen LogP contribution in [0, 0.1) is 0 Å². The number of nitrogens with one attached hydrogen (secondary N) is 1. The van der Waals surface area contributed by atoms with Crippen LogP contribution in [0.5, 0.6) is 5.75 Å². The molecule has 1 saturated heterocycles. The third-order valence-corrected chi connectivity index (χ3v) is 5.68. The number of hydrogen-bond donors (Lipinski definition) is 1. The van der Waals surface area contributed by atoms with Crippen molar-refractivity contribution < 1.29 is 14.1 Å². The fourth-order valence-corrected chi connectivity index (χ4v) is 3.76. The van der Waals surface area contributed by atoms with Crippen LogP contribution in [0.25, 0.3) is 11.4 Å². The number of hydrogen-bond acceptors (Lipinski definition) is 7. The zero-order valence-corrected chi connectivity index (χ0v) is 18.7. The number of ether oxygens (including phenoxy) is 1. The maximum atomic E-state index is 12.4. The fourth-order valence-electron chi connectivity index (χ4n) is 3.63. The summed E-state index contributed by atoms with van der Waals surface area (Å²) in [6.45, 7) is 4.70. The molecule has 2 heterocycles. The molecule has 4 rings (SSSR count). The van der Waals surface area contributed by atoms with Gasteiger partial charge in [-0.25, -0.2) is 0 Å². The number of rotatable bonds is 8. The van der Waals surface area contributed by atoms with Gasteiger partial charge in [0, 0.05) is 48.9 Å². The van der Waals surface area contributed by atoms with E-state index in [-0.39, 0.29) is 5.91 Å². The molecule has 0 atom stereocenters. The first-order chi connectivity index (χ1) is 15.6. The van der Waals surface area contributed by atoms with E-state index < -0.39 is 0 Å². The summed E-state index contributed by atoms with van der Waals surface area (Å²) in [5.41, 5.74) is 1.83. The van der Waals surface area contributed by atoms with E-state index in [4.69, 9.17) is 20.9 Å². The lowest BCUT2D eigenvalue weighted by molar-refractivity contribution is -0.122. The van der Waals surface area contributed by atoms with Gasteiger partial charge in [0.25, 0.3) is 0 Å². The van der Waals surface area contributed by atoms with Gasteiger partial charge in [0.15, 0.2) is 0 Å². The summed E-state index contributed by atoms with van der Waals surface area (Å²) >= 11 is 5.93. The van der Waals surface area contributed by atoms with Crippen LogP contribution < -0.4 is 10.1 Å². The van der Waals surface area contributed by atoms with Crippen molar-refractivity contribution in [1.29, 1.82) is 0 Å². The number of aromatic nitrogens is 2. The summed E-state index contributed by atoms with van der Waals surface area (Å²) in [7, 11) is 1.63. The highest BCUT2D eigenvalue weighted by Crippen LogP contribution is 2.19. The van der Waals surface area contributed by atoms with Crippen LogP contribution in [0.2, 0.25) is 5.02 Å². The normalized spacial score (nSPS) is 14.9. The molecule has 1 fully saturated rings. The molecular formula is C23H26ClN5O3. The lowest BCUT2D eigenvalue weighted by Crippen LogP contribution is -2.49. The first kappa shape index (κ1) is 22.3. The van der Waals surface area contributed by atoms with Crippen LogP contribution in [-0.2, 0) is 17.9 Å². The number of methoxy groups -OCH3 is 1. The van der Waals surface area contributed by atoms with E-state index in [1.54, 1.807) is 19.2 Å². The smallest absolute Gasteiger partial charge is 0.241 e. The zero-order chi connectivity index (χ0) is 22.3. The van der Waals surface area contributed by atoms with Crippen molar-refractivity contribution >= 4 is 17.5 Å². The Bertz CT molecular complexity index is 1030. The molecular weight excluding hydrogens is 430 g/mol. The lowest BCUT2D eigenvalue weighted by Gasteiger charge is -2.33. The fraction of sp³-hybridized carbons (Fsp3) is 0.348. The molecule has 1 N–H and O–H groups in total. The highest BCUT2D eigenvalue weighted by atomic mass is 35.5. The maximum absolute atomic E-state index is 12.4. The molecule has 1 amide bonds. The molecule has 3 aromatic rings. The Balaban J connectivity index is 1.20. The molecule has 32 heavy (non-hydrogen) atoms. The number of para-hydroxylation sites is 1. The van der Waals surface area contributed by atoms with Crippen LogP contribution in [0.1, 0.15) is 11.5 Å². The maximum Gasteiger partial charge on any atom is 0.241 e. The molecule has 0 unspecified atom stereocenters. The van der Waals surface area contributed by atoms with Gasteiger partial charge in [0.1, 0.15) is 5.75 Å². The van der Waals surface area contributed by atoms with E-state index in [0.29, 0.717) is 36.4 Å². The van der Waals surface area contributed by atoms with E-state index >= 15 is 0 Å². The molecule has 8 nitrogen and oxygen atoms in total. The third kappa shape index (κ3) is 5.85. The summed E-state index contributed by atoms with van der Waals surface area (Å²) in [5.74, 6) is 1.93. The summed E-state index contributed by atoms with van der Waals surface area (Å²) in [4.78, 5) is 21.3. The number of benzene rings is 2. The summed E-state index contributed by atoms with van der Waals surface area (Å²) < 4.78 is 10.7. The predicted molar refractivity (Wildman–Crippen MR) is 121 cm³/mol. The molecule has 1 aromatic heterocycles. The Morgan fingerprint density at radius 3 is 2.56 bits per heavy atom. The Labute approximate surface area is 192 Å². The number of carbonyl (C=O) groups excluding carboxylic acids is 1. The molecule has 0 aliphatic carbocycles. The quantitative estimate of drug-likeness (QED) is 0.559. The minimum absolute atomic E-state index is 0.00821. The molecule has 9 heteroatoms. The Morgan fingerprint density at radius 2 is 1.81 bits per heavy atom. The van der Waals surface area contributed by atoms with Crippen molar-refractivity contribution in [3.05, 3.63) is 65.0 Å². The highest BCUT2D eigenvalue weighted by Gasteiger charge is 2.21. The van der Waals surface area contributed by atoms with E-state index in [2.05, 4.69) is 25.3 Å². The van der Waals surface area contributed by atoms with Crippen LogP contribution in [0.15, 0.2) is 53.1 Å². The van der Waals surface area contributed by atoms with E-state index in [9.17, 15) is 4.79 Å². The number of piperazine rings is 1. The lowest BCUT2D eigenvalue weighted by atomic mass is 10.2. The van der Waals surface area contributed by atoms with Gasteiger partial charge in [0.2, 0.25) is 17.6 Å². The monoisotopic (exact) mass is 455 g/mol. The van der Waals surface area contributed by atoms with Crippen LogP contribution >= 0.6 is 11.6 Å². The number of nitrogens with zero attached hydrogens (tertiary/aromatic N) is 4. The van der Waals surface area contributed by atoms with Gasteiger partial charge >= 0.3 is 0 Å². The molecule has 2 aromatic carbocycles. The predicted octanol–water partition coefficient (Wildman–Crippen LogP) is 2.83. The van der Waals surface area contributed by atoms with Gasteiger partial charge in [0.05, 0.1) is 20.2 Å². The number of amides is 1. The van der Waals surface area contributed by atoms with Gasteiger partial charge in [-0.05, 0) is 30.3 Å².